The molecule has 3 rings (SSSR count). The third kappa shape index (κ3) is 12.8. The molecule has 0 saturated carbocycles. The van der Waals surface area contributed by atoms with Gasteiger partial charge in [-0.2, -0.15) is 0 Å². The van der Waals surface area contributed by atoms with Gasteiger partial charge in [0.1, 0.15) is 18.1 Å². The number of hydrogen-bond acceptors (Lipinski definition) is 8. The number of carboxylic acid groups (broad SMARTS) is 1. The predicted molar refractivity (Wildman–Crippen MR) is 158 cm³/mol. The number of rotatable bonds is 15. The van der Waals surface area contributed by atoms with Crippen molar-refractivity contribution in [2.45, 2.75) is 56.7 Å². The van der Waals surface area contributed by atoms with Gasteiger partial charge in [0.25, 0.3) is 5.97 Å². The van der Waals surface area contributed by atoms with Crippen LogP contribution in [0, 0.1) is 0 Å². The molecule has 0 heterocycles. The van der Waals surface area contributed by atoms with Gasteiger partial charge in [0, 0.05) is 29.2 Å². The highest BCUT2D eigenvalue weighted by atomic mass is 32.2. The van der Waals surface area contributed by atoms with Gasteiger partial charge in [-0.05, 0) is 66.1 Å². The number of aliphatic hydroxyl groups is 2. The van der Waals surface area contributed by atoms with Gasteiger partial charge in [0.15, 0.2) is 0 Å². The molecule has 0 spiro atoms. The quantitative estimate of drug-likeness (QED) is 0.167. The zero-order valence-electron chi connectivity index (χ0n) is 23.8. The summed E-state index contributed by atoms with van der Waals surface area (Å²) in [4.78, 5) is 9.83. The first-order valence-corrected chi connectivity index (χ1v) is 14.6. The van der Waals surface area contributed by atoms with Crippen LogP contribution < -0.4 is 10.1 Å². The molecule has 5 N–H and O–H groups in total. The van der Waals surface area contributed by atoms with Crippen molar-refractivity contribution in [1.29, 1.82) is 0 Å². The molecule has 0 radical (unpaired) electrons. The monoisotopic (exact) mass is 587 g/mol. The molecule has 0 aliphatic carbocycles. The van der Waals surface area contributed by atoms with E-state index in [1.54, 1.807) is 12.1 Å². The molecule has 10 heteroatoms. The van der Waals surface area contributed by atoms with Crippen molar-refractivity contribution in [3.05, 3.63) is 89.0 Å². The standard InChI is InChI=1S/C29H37NO6S.C2H4O2/c1-21(2)37(34)27-5-3-4-23(16-27)20-35-14-15-36-26-9-6-22(7-10-26)12-13-30-18-29(33)24-8-11-28(32)25(17-24)19-31;1-2(3)4/h3-11,16-17,21,29-33H,12-15,18-20H2,1-2H3;1H3,(H,3,4)/t29-,37?;/m0./s1. The summed E-state index contributed by atoms with van der Waals surface area (Å²) in [5, 5.41) is 40.0. The van der Waals surface area contributed by atoms with Crippen molar-refractivity contribution in [3.63, 3.8) is 0 Å². The number of aromatic hydroxyl groups is 1. The highest BCUT2D eigenvalue weighted by molar-refractivity contribution is 7.85. The van der Waals surface area contributed by atoms with Crippen LogP contribution in [0.2, 0.25) is 0 Å². The van der Waals surface area contributed by atoms with Gasteiger partial charge in [-0.1, -0.05) is 44.2 Å². The van der Waals surface area contributed by atoms with Gasteiger partial charge in [-0.15, -0.1) is 0 Å². The molecule has 41 heavy (non-hydrogen) atoms. The van der Waals surface area contributed by atoms with Crippen LogP contribution in [0.3, 0.4) is 0 Å². The van der Waals surface area contributed by atoms with Crippen molar-refractivity contribution in [3.8, 4) is 11.5 Å². The molecule has 0 saturated heterocycles. The van der Waals surface area contributed by atoms with Crippen molar-refractivity contribution in [2.75, 3.05) is 26.3 Å². The van der Waals surface area contributed by atoms with Gasteiger partial charge in [-0.3, -0.25) is 9.00 Å². The molecule has 1 unspecified atom stereocenters. The first-order chi connectivity index (χ1) is 19.6. The Morgan fingerprint density at radius 3 is 2.37 bits per heavy atom. The molecule has 224 valence electrons. The Kier molecular flexibility index (Phi) is 15.1. The summed E-state index contributed by atoms with van der Waals surface area (Å²) >= 11 is 0. The number of ether oxygens (including phenoxy) is 2. The maximum atomic E-state index is 12.3. The van der Waals surface area contributed by atoms with Gasteiger partial charge in [0.2, 0.25) is 0 Å². The third-order valence-electron chi connectivity index (χ3n) is 5.83. The maximum absolute atomic E-state index is 12.3. The minimum Gasteiger partial charge on any atom is -0.508 e. The molecule has 0 aliphatic heterocycles. The molecule has 0 fully saturated rings. The van der Waals surface area contributed by atoms with Crippen LogP contribution in [0.5, 0.6) is 11.5 Å². The molecule has 0 amide bonds. The summed E-state index contributed by atoms with van der Waals surface area (Å²) in [6, 6.07) is 20.3. The Bertz CT molecular complexity index is 1230. The third-order valence-corrected chi connectivity index (χ3v) is 7.41. The lowest BCUT2D eigenvalue weighted by atomic mass is 10.1. The van der Waals surface area contributed by atoms with Crippen LogP contribution in [-0.4, -0.2) is 62.2 Å². The number of aliphatic carboxylic acids is 1. The number of nitrogens with one attached hydrogen (secondary N) is 1. The lowest BCUT2D eigenvalue weighted by Crippen LogP contribution is -2.23. The average Bonchev–Trinajstić information content (AvgIpc) is 2.95. The normalized spacial score (nSPS) is 12.3. The van der Waals surface area contributed by atoms with E-state index in [4.69, 9.17) is 19.4 Å². The van der Waals surface area contributed by atoms with E-state index in [0.717, 1.165) is 35.1 Å². The van der Waals surface area contributed by atoms with Crippen molar-refractivity contribution >= 4 is 16.8 Å². The maximum Gasteiger partial charge on any atom is 0.300 e. The topological polar surface area (TPSA) is 146 Å². The van der Waals surface area contributed by atoms with E-state index in [1.165, 1.54) is 6.07 Å². The van der Waals surface area contributed by atoms with E-state index in [-0.39, 0.29) is 17.6 Å². The van der Waals surface area contributed by atoms with Crippen molar-refractivity contribution < 1.29 is 38.9 Å². The number of carboxylic acids is 1. The number of aliphatic hydroxyl groups excluding tert-OH is 2. The second-order valence-electron chi connectivity index (χ2n) is 9.57. The summed E-state index contributed by atoms with van der Waals surface area (Å²) in [6.45, 7) is 7.10. The predicted octanol–water partition coefficient (Wildman–Crippen LogP) is 3.95. The molecule has 0 aromatic heterocycles. The van der Waals surface area contributed by atoms with E-state index in [1.807, 2.05) is 62.4 Å². The fourth-order valence-electron chi connectivity index (χ4n) is 3.72. The summed E-state index contributed by atoms with van der Waals surface area (Å²) < 4.78 is 23.7. The Hall–Kier alpha value is -3.28. The minimum atomic E-state index is -1.01. The van der Waals surface area contributed by atoms with Crippen LogP contribution >= 0.6 is 0 Å². The first-order valence-electron chi connectivity index (χ1n) is 13.4. The van der Waals surface area contributed by atoms with E-state index in [9.17, 15) is 19.5 Å². The first kappa shape index (κ1) is 33.9. The van der Waals surface area contributed by atoms with Crippen LogP contribution in [-0.2, 0) is 40.0 Å². The lowest BCUT2D eigenvalue weighted by molar-refractivity contribution is -0.134. The summed E-state index contributed by atoms with van der Waals surface area (Å²) in [7, 11) is -1.01. The van der Waals surface area contributed by atoms with Crippen molar-refractivity contribution in [1.82, 2.24) is 5.32 Å². The fourth-order valence-corrected chi connectivity index (χ4v) is 4.75. The molecule has 2 atom stereocenters. The molecule has 3 aromatic rings. The summed E-state index contributed by atoms with van der Waals surface area (Å²) in [5.74, 6) is -0.0361. The highest BCUT2D eigenvalue weighted by Gasteiger charge is 2.10. The molecular formula is C31H41NO8S. The van der Waals surface area contributed by atoms with Gasteiger partial charge in [0.05, 0.1) is 36.7 Å². The smallest absolute Gasteiger partial charge is 0.300 e. The number of benzene rings is 3. The SMILES string of the molecule is CC(=O)O.CC(C)S(=O)c1cccc(COCCOc2ccc(CCNC[C@H](O)c3ccc(O)c(CO)c3)cc2)c1. The molecule has 3 aromatic carbocycles. The second kappa shape index (κ2) is 18.2. The molecular weight excluding hydrogens is 546 g/mol. The summed E-state index contributed by atoms with van der Waals surface area (Å²) in [6.07, 6.45) is 0.0747. The van der Waals surface area contributed by atoms with Gasteiger partial charge in [-0.25, -0.2) is 0 Å². The largest absolute Gasteiger partial charge is 0.508 e. The van der Waals surface area contributed by atoms with E-state index >= 15 is 0 Å². The van der Waals surface area contributed by atoms with E-state index in [2.05, 4.69) is 5.32 Å². The van der Waals surface area contributed by atoms with Crippen molar-refractivity contribution in [2.24, 2.45) is 0 Å². The van der Waals surface area contributed by atoms with Crippen LogP contribution in [0.15, 0.2) is 71.6 Å². The van der Waals surface area contributed by atoms with Crippen LogP contribution in [0.1, 0.15) is 49.1 Å². The van der Waals surface area contributed by atoms with Crippen LogP contribution in [0.4, 0.5) is 0 Å². The Morgan fingerprint density at radius 2 is 1.71 bits per heavy atom. The minimum absolute atomic E-state index is 0.0221. The molecule has 0 aliphatic rings. The van der Waals surface area contributed by atoms with Crippen LogP contribution in [0.25, 0.3) is 0 Å². The van der Waals surface area contributed by atoms with Gasteiger partial charge >= 0.3 is 0 Å². The zero-order valence-corrected chi connectivity index (χ0v) is 24.6. The second-order valence-corrected chi connectivity index (χ2v) is 11.6. The lowest BCUT2D eigenvalue weighted by Gasteiger charge is -2.14. The summed E-state index contributed by atoms with van der Waals surface area (Å²) in [5.41, 5.74) is 3.19. The number of phenols is 1. The zero-order chi connectivity index (χ0) is 30.2. The average molecular weight is 588 g/mol. The molecule has 9 nitrogen and oxygen atoms in total. The van der Waals surface area contributed by atoms with E-state index in [0.29, 0.717) is 44.0 Å². The Balaban J connectivity index is 0.00000138. The Labute approximate surface area is 244 Å². The van der Waals surface area contributed by atoms with Gasteiger partial charge < -0.3 is 35.2 Å². The van der Waals surface area contributed by atoms with E-state index < -0.39 is 22.9 Å². The molecule has 0 bridgehead atoms. The number of hydrogen-bond donors (Lipinski definition) is 5. The highest BCUT2D eigenvalue weighted by Crippen LogP contribution is 2.22. The fraction of sp³-hybridized carbons (Fsp3) is 0.387. The number of carbonyl (C=O) groups is 1. The Morgan fingerprint density at radius 1 is 1.00 bits per heavy atom.